The molecule has 0 N–H and O–H groups in total. The number of fused-ring (bicyclic) bond motifs is 1. The lowest BCUT2D eigenvalue weighted by molar-refractivity contribution is -0.183. The first kappa shape index (κ1) is 22.9. The Morgan fingerprint density at radius 1 is 1.06 bits per heavy atom. The molecule has 1 saturated carbocycles. The second-order valence-electron chi connectivity index (χ2n) is 9.23. The maximum Gasteiger partial charge on any atom is 0.249 e. The first-order chi connectivity index (χ1) is 17.0. The highest BCUT2D eigenvalue weighted by atomic mass is 19.1. The van der Waals surface area contributed by atoms with Crippen molar-refractivity contribution in [2.75, 3.05) is 6.61 Å². The smallest absolute Gasteiger partial charge is 0.249 e. The fourth-order valence-corrected chi connectivity index (χ4v) is 5.20. The molecule has 1 atom stereocenters. The molecule has 1 aromatic heterocycles. The zero-order chi connectivity index (χ0) is 24.5. The van der Waals surface area contributed by atoms with Crippen molar-refractivity contribution >= 4 is 16.8 Å². The molecule has 0 spiro atoms. The predicted molar refractivity (Wildman–Crippen MR) is 121 cm³/mol. The van der Waals surface area contributed by atoms with Crippen LogP contribution in [0.5, 0.6) is 0 Å². The second kappa shape index (κ2) is 9.44. The first-order valence-electron chi connectivity index (χ1n) is 11.7. The highest BCUT2D eigenvalue weighted by Crippen LogP contribution is 2.37. The van der Waals surface area contributed by atoms with E-state index >= 15 is 0 Å². The van der Waals surface area contributed by atoms with E-state index in [1.807, 2.05) is 12.1 Å². The third kappa shape index (κ3) is 4.48. The number of amides is 1. The van der Waals surface area contributed by atoms with E-state index in [2.05, 4.69) is 5.10 Å². The summed E-state index contributed by atoms with van der Waals surface area (Å²) < 4.78 is 29.7. The summed E-state index contributed by atoms with van der Waals surface area (Å²) in [6.07, 6.45) is 5.18. The van der Waals surface area contributed by atoms with Crippen LogP contribution in [-0.2, 0) is 16.2 Å². The van der Waals surface area contributed by atoms with Gasteiger partial charge >= 0.3 is 0 Å². The zero-order valence-electron chi connectivity index (χ0n) is 19.0. The topological polar surface area (TPSA) is 94.9 Å². The van der Waals surface area contributed by atoms with Crippen LogP contribution in [0.4, 0.5) is 8.78 Å². The summed E-state index contributed by atoms with van der Waals surface area (Å²) in [6, 6.07) is 10.4. The summed E-state index contributed by atoms with van der Waals surface area (Å²) >= 11 is 0. The highest BCUT2D eigenvalue weighted by molar-refractivity contribution is 5.80. The minimum absolute atomic E-state index is 0.00564. The van der Waals surface area contributed by atoms with Crippen LogP contribution < -0.4 is 0 Å². The number of nitrogens with zero attached hydrogens (tertiary/aromatic N) is 5. The van der Waals surface area contributed by atoms with E-state index in [4.69, 9.17) is 15.4 Å². The summed E-state index contributed by atoms with van der Waals surface area (Å²) in [6.45, 7) is 0.992. The van der Waals surface area contributed by atoms with Crippen molar-refractivity contribution in [3.63, 3.8) is 0 Å². The van der Waals surface area contributed by atoms with Crippen molar-refractivity contribution in [3.05, 3.63) is 64.9 Å². The van der Waals surface area contributed by atoms with E-state index in [-0.39, 0.29) is 23.0 Å². The number of halogens is 2. The van der Waals surface area contributed by atoms with Gasteiger partial charge < -0.3 is 0 Å². The Kier molecular flexibility index (Phi) is 6.19. The average molecular weight is 475 g/mol. The summed E-state index contributed by atoms with van der Waals surface area (Å²) in [5.41, 5.74) is 1.51. The van der Waals surface area contributed by atoms with Crippen LogP contribution in [-0.4, -0.2) is 27.4 Å². The lowest BCUT2D eigenvalue weighted by Crippen LogP contribution is -2.37. The van der Waals surface area contributed by atoms with E-state index in [1.165, 1.54) is 29.3 Å². The Bertz CT molecular complexity index is 1360. The molecule has 1 saturated heterocycles. The number of hydrogen-bond acceptors (Lipinski definition) is 5. The van der Waals surface area contributed by atoms with Gasteiger partial charge in [0, 0.05) is 24.3 Å². The molecular weight excluding hydrogens is 452 g/mol. The Morgan fingerprint density at radius 2 is 1.86 bits per heavy atom. The molecule has 0 unspecified atom stereocenters. The molecule has 2 heterocycles. The third-order valence-electron chi connectivity index (χ3n) is 7.03. The van der Waals surface area contributed by atoms with Crippen LogP contribution in [0.1, 0.15) is 54.8 Å². The summed E-state index contributed by atoms with van der Waals surface area (Å²) in [5, 5.41) is 24.7. The summed E-state index contributed by atoms with van der Waals surface area (Å²) in [5.74, 6) is -1.05. The molecule has 0 radical (unpaired) electrons. The Balaban J connectivity index is 1.24. The number of hydrogen-bond donors (Lipinski definition) is 0. The minimum atomic E-state index is -0.553. The van der Waals surface area contributed by atoms with Crippen LogP contribution in [0.25, 0.3) is 10.9 Å². The largest absolute Gasteiger partial charge is 0.272 e. The number of rotatable bonds is 4. The molecule has 3 aromatic rings. The number of aromatic nitrogens is 2. The van der Waals surface area contributed by atoms with Gasteiger partial charge in [0.25, 0.3) is 0 Å². The molecule has 5 rings (SSSR count). The SMILES string of the molecule is N#Cc1cc(F)cc([C@@H]2CCON2C(=O)[C@H]2CC[C@H](Cn3ncc4cc(F)c(C#N)cc43)CC2)c1. The lowest BCUT2D eigenvalue weighted by atomic mass is 9.81. The van der Waals surface area contributed by atoms with Gasteiger partial charge in [-0.3, -0.25) is 14.3 Å². The molecule has 1 amide bonds. The molecule has 2 fully saturated rings. The van der Waals surface area contributed by atoms with Crippen molar-refractivity contribution in [2.45, 2.75) is 44.7 Å². The fraction of sp³-hybridized carbons (Fsp3) is 0.385. The number of benzene rings is 2. The van der Waals surface area contributed by atoms with Gasteiger partial charge in [-0.2, -0.15) is 15.6 Å². The van der Waals surface area contributed by atoms with Crippen LogP contribution in [0.2, 0.25) is 0 Å². The molecule has 1 aliphatic carbocycles. The first-order valence-corrected chi connectivity index (χ1v) is 11.7. The van der Waals surface area contributed by atoms with Crippen molar-refractivity contribution in [1.82, 2.24) is 14.8 Å². The molecule has 2 aliphatic rings. The monoisotopic (exact) mass is 475 g/mol. The van der Waals surface area contributed by atoms with Gasteiger partial charge in [0.15, 0.2) is 0 Å². The van der Waals surface area contributed by atoms with Crippen molar-refractivity contribution in [3.8, 4) is 12.1 Å². The molecule has 35 heavy (non-hydrogen) atoms. The van der Waals surface area contributed by atoms with Gasteiger partial charge in [0.2, 0.25) is 5.91 Å². The van der Waals surface area contributed by atoms with Crippen molar-refractivity contribution < 1.29 is 18.4 Å². The van der Waals surface area contributed by atoms with E-state index in [1.54, 1.807) is 16.9 Å². The molecule has 2 aromatic carbocycles. The fourth-order valence-electron chi connectivity index (χ4n) is 5.20. The highest BCUT2D eigenvalue weighted by Gasteiger charge is 2.37. The quantitative estimate of drug-likeness (QED) is 0.542. The third-order valence-corrected chi connectivity index (χ3v) is 7.03. The molecule has 9 heteroatoms. The maximum absolute atomic E-state index is 14.0. The van der Waals surface area contributed by atoms with Crippen LogP contribution in [0, 0.1) is 46.1 Å². The minimum Gasteiger partial charge on any atom is -0.272 e. The summed E-state index contributed by atoms with van der Waals surface area (Å²) in [4.78, 5) is 18.9. The summed E-state index contributed by atoms with van der Waals surface area (Å²) in [7, 11) is 0. The standard InChI is InChI=1S/C26H23F2N5O2/c27-22-8-17(12-29)7-19(9-22)24-5-6-35-33(24)26(34)18-3-1-16(2-4-18)15-32-25-11-20(13-30)23(28)10-21(25)14-31-32/h7-11,14,16,18,24H,1-6,15H2/t16-,18-,24-/m0/s1. The zero-order valence-corrected chi connectivity index (χ0v) is 19.0. The van der Waals surface area contributed by atoms with E-state index in [9.17, 15) is 13.6 Å². The van der Waals surface area contributed by atoms with Crippen molar-refractivity contribution in [2.24, 2.45) is 11.8 Å². The van der Waals surface area contributed by atoms with E-state index in [0.29, 0.717) is 49.3 Å². The molecule has 178 valence electrons. The van der Waals surface area contributed by atoms with Gasteiger partial charge in [-0.1, -0.05) is 0 Å². The van der Waals surface area contributed by atoms with Crippen LogP contribution in [0.3, 0.4) is 0 Å². The molecule has 0 bridgehead atoms. The van der Waals surface area contributed by atoms with Crippen LogP contribution >= 0.6 is 0 Å². The lowest BCUT2D eigenvalue weighted by Gasteiger charge is -2.32. The average Bonchev–Trinajstić information content (AvgIpc) is 3.50. The second-order valence-corrected chi connectivity index (χ2v) is 9.23. The van der Waals surface area contributed by atoms with E-state index < -0.39 is 17.7 Å². The van der Waals surface area contributed by atoms with Gasteiger partial charge in [0.1, 0.15) is 17.7 Å². The number of nitriles is 2. The van der Waals surface area contributed by atoms with Crippen LogP contribution in [0.15, 0.2) is 36.5 Å². The number of hydroxylamine groups is 2. The van der Waals surface area contributed by atoms with Gasteiger partial charge in [-0.05, 0) is 67.5 Å². The van der Waals surface area contributed by atoms with Gasteiger partial charge in [0.05, 0.1) is 41.6 Å². The van der Waals surface area contributed by atoms with Gasteiger partial charge in [-0.15, -0.1) is 0 Å². The maximum atomic E-state index is 14.0. The Morgan fingerprint density at radius 3 is 2.60 bits per heavy atom. The Labute approximate surface area is 201 Å². The predicted octanol–water partition coefficient (Wildman–Crippen LogP) is 4.77. The Hall–Kier alpha value is -3.82. The molecular formula is C26H23F2N5O2. The van der Waals surface area contributed by atoms with Crippen molar-refractivity contribution in [1.29, 1.82) is 10.5 Å². The van der Waals surface area contributed by atoms with E-state index in [0.717, 1.165) is 18.4 Å². The molecule has 1 aliphatic heterocycles. The molecule has 7 nitrogen and oxygen atoms in total. The number of carbonyl (C=O) groups is 1. The normalized spacial score (nSPS) is 22.2. The number of carbonyl (C=O) groups excluding carboxylic acids is 1. The van der Waals surface area contributed by atoms with Gasteiger partial charge in [-0.25, -0.2) is 13.8 Å².